The lowest BCUT2D eigenvalue weighted by atomic mass is 9.83. The summed E-state index contributed by atoms with van der Waals surface area (Å²) in [6.07, 6.45) is 7.43. The summed E-state index contributed by atoms with van der Waals surface area (Å²) in [5, 5.41) is 6.84. The molecule has 2 saturated heterocycles. The number of piperidine rings is 2. The molecule has 3 aliphatic heterocycles. The first-order chi connectivity index (χ1) is 15.5. The average Bonchev–Trinajstić information content (AvgIpc) is 2.81. The van der Waals surface area contributed by atoms with E-state index in [2.05, 4.69) is 28.5 Å². The number of likely N-dealkylation sites (tertiary alicyclic amines) is 2. The molecule has 4 rings (SSSR count). The van der Waals surface area contributed by atoms with E-state index in [0.29, 0.717) is 16.9 Å². The molecule has 7 nitrogen and oxygen atoms in total. The van der Waals surface area contributed by atoms with Crippen LogP contribution in [0.2, 0.25) is 0 Å². The van der Waals surface area contributed by atoms with Crippen LogP contribution in [0.25, 0.3) is 0 Å². The van der Waals surface area contributed by atoms with Crippen LogP contribution in [0.4, 0.5) is 0 Å². The molecule has 176 valence electrons. The van der Waals surface area contributed by atoms with Gasteiger partial charge in [-0.15, -0.1) is 0 Å². The smallest absolute Gasteiger partial charge is 0.250 e. The van der Waals surface area contributed by atoms with E-state index in [9.17, 15) is 9.59 Å². The number of hydrogen-bond acceptors (Lipinski definition) is 3. The van der Waals surface area contributed by atoms with Crippen LogP contribution in [0.1, 0.15) is 57.1 Å². The Kier molecular flexibility index (Phi) is 7.84. The van der Waals surface area contributed by atoms with Crippen LogP contribution in [0.15, 0.2) is 23.0 Å². The van der Waals surface area contributed by atoms with Gasteiger partial charge in [-0.3, -0.25) is 9.59 Å². The summed E-state index contributed by atoms with van der Waals surface area (Å²) in [7, 11) is 0. The molecule has 4 unspecified atom stereocenters. The number of carbonyl (C=O) groups excluding carboxylic acids is 1. The average molecular weight is 461 g/mol. The fraction of sp³-hybridized carbons (Fsp3) is 0.708. The third kappa shape index (κ3) is 5.52. The van der Waals surface area contributed by atoms with Crippen molar-refractivity contribution in [2.24, 2.45) is 5.92 Å². The fourth-order valence-corrected chi connectivity index (χ4v) is 6.13. The summed E-state index contributed by atoms with van der Waals surface area (Å²) in [5.74, 6) is 0.732. The van der Waals surface area contributed by atoms with Gasteiger partial charge in [-0.25, -0.2) is 0 Å². The van der Waals surface area contributed by atoms with Crippen LogP contribution in [0.3, 0.4) is 0 Å². The normalized spacial score (nSPS) is 26.8. The molecule has 1 aromatic heterocycles. The van der Waals surface area contributed by atoms with E-state index < -0.39 is 0 Å². The zero-order valence-electron chi connectivity index (χ0n) is 19.3. The van der Waals surface area contributed by atoms with E-state index in [4.69, 9.17) is 12.2 Å². The number of quaternary nitrogens is 1. The molecule has 0 saturated carbocycles. The van der Waals surface area contributed by atoms with Crippen LogP contribution in [0.5, 0.6) is 0 Å². The molecule has 3 aliphatic rings. The number of aromatic nitrogens is 1. The number of hydrogen-bond donors (Lipinski definition) is 3. The van der Waals surface area contributed by atoms with Gasteiger partial charge >= 0.3 is 0 Å². The largest absolute Gasteiger partial charge is 0.354 e. The third-order valence-corrected chi connectivity index (χ3v) is 7.94. The van der Waals surface area contributed by atoms with E-state index in [1.807, 2.05) is 10.6 Å². The Labute approximate surface area is 196 Å². The maximum Gasteiger partial charge on any atom is 0.250 e. The number of fused-ring (bicyclic) bond motifs is 4. The van der Waals surface area contributed by atoms with Gasteiger partial charge in [0.2, 0.25) is 5.91 Å². The number of rotatable bonds is 7. The number of nitrogens with zero attached hydrogens (tertiary/aromatic N) is 2. The zero-order chi connectivity index (χ0) is 22.5. The van der Waals surface area contributed by atoms with Crippen LogP contribution in [0, 0.1) is 5.92 Å². The second-order valence-electron chi connectivity index (χ2n) is 9.72. The van der Waals surface area contributed by atoms with Gasteiger partial charge in [0.25, 0.3) is 5.56 Å². The van der Waals surface area contributed by atoms with Crippen LogP contribution < -0.4 is 21.1 Å². The molecule has 4 heterocycles. The first kappa shape index (κ1) is 23.2. The van der Waals surface area contributed by atoms with Crippen molar-refractivity contribution < 1.29 is 9.69 Å². The van der Waals surface area contributed by atoms with Crippen molar-refractivity contribution in [3.8, 4) is 0 Å². The van der Waals surface area contributed by atoms with E-state index in [1.165, 1.54) is 32.2 Å². The van der Waals surface area contributed by atoms with Crippen molar-refractivity contribution in [1.29, 1.82) is 0 Å². The van der Waals surface area contributed by atoms with Crippen LogP contribution >= 0.6 is 12.2 Å². The minimum atomic E-state index is 0.00198. The van der Waals surface area contributed by atoms with Crippen molar-refractivity contribution in [2.45, 2.75) is 64.0 Å². The van der Waals surface area contributed by atoms with Gasteiger partial charge in [0.15, 0.2) is 5.11 Å². The second kappa shape index (κ2) is 10.8. The van der Waals surface area contributed by atoms with Gasteiger partial charge in [0.05, 0.1) is 25.7 Å². The van der Waals surface area contributed by atoms with E-state index in [0.717, 1.165) is 57.3 Å². The number of amides is 1. The summed E-state index contributed by atoms with van der Waals surface area (Å²) in [6, 6.07) is 6.35. The summed E-state index contributed by atoms with van der Waals surface area (Å²) in [4.78, 5) is 28.4. The summed E-state index contributed by atoms with van der Waals surface area (Å²) < 4.78 is 1.93. The molecular formula is C24H38N5O2S+. The molecule has 1 amide bonds. The first-order valence-electron chi connectivity index (χ1n) is 12.4. The lowest BCUT2D eigenvalue weighted by molar-refractivity contribution is -0.930. The summed E-state index contributed by atoms with van der Waals surface area (Å²) in [5.41, 5.74) is 1.20. The topological polar surface area (TPSA) is 70.8 Å². The molecule has 0 aromatic carbocycles. The lowest BCUT2D eigenvalue weighted by Crippen LogP contribution is -3.16. The molecule has 0 radical (unpaired) electrons. The number of pyridine rings is 1. The van der Waals surface area contributed by atoms with Crippen molar-refractivity contribution in [3.05, 3.63) is 34.2 Å². The highest BCUT2D eigenvalue weighted by atomic mass is 32.1. The van der Waals surface area contributed by atoms with Crippen molar-refractivity contribution >= 4 is 23.2 Å². The van der Waals surface area contributed by atoms with E-state index >= 15 is 0 Å². The van der Waals surface area contributed by atoms with Gasteiger partial charge in [-0.2, -0.15) is 0 Å². The highest BCUT2D eigenvalue weighted by Crippen LogP contribution is 2.34. The maximum atomic E-state index is 12.3. The van der Waals surface area contributed by atoms with Gasteiger partial charge in [-0.1, -0.05) is 13.0 Å². The Bertz CT molecular complexity index is 872. The predicted octanol–water partition coefficient (Wildman–Crippen LogP) is 0.496. The second-order valence-corrected chi connectivity index (χ2v) is 10.1. The van der Waals surface area contributed by atoms with Crippen molar-refractivity contribution in [2.75, 3.05) is 39.3 Å². The highest BCUT2D eigenvalue weighted by Gasteiger charge is 2.35. The van der Waals surface area contributed by atoms with Gasteiger partial charge < -0.3 is 25.0 Å². The fourth-order valence-electron chi connectivity index (χ4n) is 5.91. The van der Waals surface area contributed by atoms with Crippen LogP contribution in [-0.2, 0) is 11.3 Å². The Morgan fingerprint density at radius 2 is 2.09 bits per heavy atom. The van der Waals surface area contributed by atoms with Gasteiger partial charge in [-0.05, 0) is 56.3 Å². The van der Waals surface area contributed by atoms with E-state index in [1.54, 1.807) is 11.0 Å². The molecule has 2 fully saturated rings. The molecular weight excluding hydrogens is 422 g/mol. The highest BCUT2D eigenvalue weighted by molar-refractivity contribution is 7.80. The minimum Gasteiger partial charge on any atom is -0.354 e. The Balaban J connectivity index is 1.17. The van der Waals surface area contributed by atoms with Crippen LogP contribution in [-0.4, -0.2) is 65.8 Å². The lowest BCUT2D eigenvalue weighted by Gasteiger charge is -2.43. The number of nitrogens with one attached hydrogen (secondary N) is 3. The maximum absolute atomic E-state index is 12.3. The van der Waals surface area contributed by atoms with Crippen molar-refractivity contribution in [1.82, 2.24) is 20.1 Å². The van der Waals surface area contributed by atoms with Crippen molar-refractivity contribution in [3.63, 3.8) is 0 Å². The molecule has 3 N–H and O–H groups in total. The Hall–Kier alpha value is -1.93. The third-order valence-electron chi connectivity index (χ3n) is 7.53. The monoisotopic (exact) mass is 460 g/mol. The van der Waals surface area contributed by atoms with E-state index in [-0.39, 0.29) is 18.0 Å². The quantitative estimate of drug-likeness (QED) is 0.408. The van der Waals surface area contributed by atoms with Gasteiger partial charge in [0.1, 0.15) is 0 Å². The molecule has 1 aromatic rings. The zero-order valence-corrected chi connectivity index (χ0v) is 20.1. The molecule has 8 heteroatoms. The summed E-state index contributed by atoms with van der Waals surface area (Å²) >= 11 is 5.60. The molecule has 2 bridgehead atoms. The Morgan fingerprint density at radius 1 is 1.22 bits per heavy atom. The molecule has 4 atom stereocenters. The number of carbonyl (C=O) groups is 1. The predicted molar refractivity (Wildman–Crippen MR) is 130 cm³/mol. The first-order valence-corrected chi connectivity index (χ1v) is 12.8. The molecule has 0 aliphatic carbocycles. The molecule has 0 spiro atoms. The Morgan fingerprint density at radius 3 is 2.94 bits per heavy atom. The SMILES string of the molecule is CCC1CCCC[NH+]1CCCNC(=O)CNC(=S)N1CC2CC(C1)c1cccc(=O)n1C2. The molecule has 32 heavy (non-hydrogen) atoms. The standard InChI is InChI=1S/C24H37N5O2S/c1-2-20-7-3-4-11-27(20)12-6-10-25-22(30)14-26-24(32)28-15-18-13-19(17-28)21-8-5-9-23(31)29(21)16-18/h5,8-9,18-20H,2-4,6-7,10-17H2,1H3,(H,25,30)(H,26,32)/p+1. The minimum absolute atomic E-state index is 0.00198. The summed E-state index contributed by atoms with van der Waals surface area (Å²) in [6.45, 7) is 8.04. The van der Waals surface area contributed by atoms with Gasteiger partial charge in [0, 0.05) is 50.3 Å². The number of thiocarbonyl (C=S) groups is 1.